The fraction of sp³-hybridized carbons (Fsp3) is 0.611. The van der Waals surface area contributed by atoms with Gasteiger partial charge in [0.2, 0.25) is 15.9 Å². The number of carbonyl (C=O) groups is 1. The molecule has 1 aromatic carbocycles. The Kier molecular flexibility index (Phi) is 6.12. The van der Waals surface area contributed by atoms with Crippen molar-refractivity contribution >= 4 is 15.9 Å². The number of piperazine rings is 1. The van der Waals surface area contributed by atoms with E-state index in [9.17, 15) is 22.0 Å². The molecule has 9 heteroatoms. The fourth-order valence-corrected chi connectivity index (χ4v) is 5.23. The molecule has 27 heavy (non-hydrogen) atoms. The Labute approximate surface area is 158 Å². The molecule has 0 bridgehead atoms. The van der Waals surface area contributed by atoms with Crippen molar-refractivity contribution in [2.75, 3.05) is 39.3 Å². The smallest absolute Gasteiger partial charge is 0.249 e. The highest BCUT2D eigenvalue weighted by atomic mass is 32.2. The zero-order chi connectivity index (χ0) is 19.6. The molecule has 0 saturated carbocycles. The van der Waals surface area contributed by atoms with Gasteiger partial charge in [-0.15, -0.1) is 0 Å². The summed E-state index contributed by atoms with van der Waals surface area (Å²) >= 11 is 0. The van der Waals surface area contributed by atoms with Crippen LogP contribution in [0.2, 0.25) is 0 Å². The van der Waals surface area contributed by atoms with Gasteiger partial charge in [0.15, 0.2) is 4.90 Å². The number of sulfonamides is 1. The van der Waals surface area contributed by atoms with E-state index in [1.807, 2.05) is 0 Å². The second-order valence-electron chi connectivity index (χ2n) is 7.15. The summed E-state index contributed by atoms with van der Waals surface area (Å²) in [4.78, 5) is 15.4. The Bertz CT molecular complexity index is 775. The minimum absolute atomic E-state index is 0.0252. The lowest BCUT2D eigenvalue weighted by Crippen LogP contribution is -2.53. The fourth-order valence-electron chi connectivity index (χ4n) is 3.70. The van der Waals surface area contributed by atoms with Crippen LogP contribution in [0.15, 0.2) is 23.1 Å². The second-order valence-corrected chi connectivity index (χ2v) is 9.03. The number of benzene rings is 1. The molecule has 0 aromatic heterocycles. The third-order valence-electron chi connectivity index (χ3n) is 5.39. The van der Waals surface area contributed by atoms with Gasteiger partial charge in [-0.25, -0.2) is 17.2 Å². The van der Waals surface area contributed by atoms with Crippen LogP contribution in [0.3, 0.4) is 0 Å². The molecular weight excluding hydrogens is 376 g/mol. The first kappa shape index (κ1) is 20.2. The molecule has 2 aliphatic heterocycles. The van der Waals surface area contributed by atoms with Crippen molar-refractivity contribution < 1.29 is 22.0 Å². The van der Waals surface area contributed by atoms with E-state index in [1.165, 1.54) is 6.42 Å². The van der Waals surface area contributed by atoms with Crippen LogP contribution in [0, 0.1) is 11.6 Å². The quantitative estimate of drug-likeness (QED) is 0.770. The molecule has 0 N–H and O–H groups in total. The van der Waals surface area contributed by atoms with Gasteiger partial charge < -0.3 is 4.90 Å². The summed E-state index contributed by atoms with van der Waals surface area (Å²) in [5, 5.41) is 0. The summed E-state index contributed by atoms with van der Waals surface area (Å²) < 4.78 is 54.0. The molecule has 3 rings (SSSR count). The monoisotopic (exact) mass is 401 g/mol. The van der Waals surface area contributed by atoms with Crippen molar-refractivity contribution in [1.29, 1.82) is 0 Å². The number of piperidine rings is 1. The lowest BCUT2D eigenvalue weighted by atomic mass is 10.0. The van der Waals surface area contributed by atoms with Gasteiger partial charge in [-0.2, -0.15) is 4.31 Å². The van der Waals surface area contributed by atoms with E-state index in [2.05, 4.69) is 11.8 Å². The molecule has 6 nitrogen and oxygen atoms in total. The molecule has 2 aliphatic rings. The summed E-state index contributed by atoms with van der Waals surface area (Å²) in [6.45, 7) is 3.82. The van der Waals surface area contributed by atoms with Crippen molar-refractivity contribution in [2.24, 2.45) is 0 Å². The number of likely N-dealkylation sites (tertiary alicyclic amines) is 1. The zero-order valence-electron chi connectivity index (χ0n) is 15.4. The van der Waals surface area contributed by atoms with Gasteiger partial charge >= 0.3 is 0 Å². The van der Waals surface area contributed by atoms with E-state index in [4.69, 9.17) is 0 Å². The minimum Gasteiger partial charge on any atom is -0.339 e. The van der Waals surface area contributed by atoms with E-state index in [-0.39, 0.29) is 32.1 Å². The lowest BCUT2D eigenvalue weighted by molar-refractivity contribution is -0.134. The zero-order valence-corrected chi connectivity index (χ0v) is 16.2. The maximum absolute atomic E-state index is 13.9. The van der Waals surface area contributed by atoms with Gasteiger partial charge in [0.05, 0.1) is 6.54 Å². The van der Waals surface area contributed by atoms with Crippen molar-refractivity contribution in [3.05, 3.63) is 29.8 Å². The minimum atomic E-state index is -4.27. The predicted molar refractivity (Wildman–Crippen MR) is 96.6 cm³/mol. The molecule has 150 valence electrons. The number of amides is 1. The maximum Gasteiger partial charge on any atom is 0.249 e. The van der Waals surface area contributed by atoms with Crippen LogP contribution in [-0.2, 0) is 14.8 Å². The Morgan fingerprint density at radius 1 is 1.07 bits per heavy atom. The first-order valence-electron chi connectivity index (χ1n) is 9.26. The van der Waals surface area contributed by atoms with E-state index in [0.29, 0.717) is 12.6 Å². The topological polar surface area (TPSA) is 60.9 Å². The molecule has 1 atom stereocenters. The Morgan fingerprint density at radius 2 is 1.70 bits per heavy atom. The number of carbonyl (C=O) groups excluding carboxylic acids is 1. The summed E-state index contributed by atoms with van der Waals surface area (Å²) in [7, 11) is -4.27. The largest absolute Gasteiger partial charge is 0.339 e. The lowest BCUT2D eigenvalue weighted by Gasteiger charge is -2.37. The van der Waals surface area contributed by atoms with Crippen molar-refractivity contribution in [1.82, 2.24) is 14.1 Å². The molecule has 0 radical (unpaired) electrons. The van der Waals surface area contributed by atoms with Gasteiger partial charge in [-0.1, -0.05) is 12.5 Å². The van der Waals surface area contributed by atoms with Crippen LogP contribution in [0.5, 0.6) is 0 Å². The van der Waals surface area contributed by atoms with Crippen LogP contribution in [0.1, 0.15) is 26.2 Å². The summed E-state index contributed by atoms with van der Waals surface area (Å²) in [5.74, 6) is -2.24. The molecule has 2 saturated heterocycles. The van der Waals surface area contributed by atoms with Gasteiger partial charge in [-0.3, -0.25) is 9.69 Å². The first-order chi connectivity index (χ1) is 12.8. The third-order valence-corrected chi connectivity index (χ3v) is 7.34. The van der Waals surface area contributed by atoms with E-state index >= 15 is 0 Å². The van der Waals surface area contributed by atoms with Crippen LogP contribution < -0.4 is 0 Å². The van der Waals surface area contributed by atoms with Crippen LogP contribution >= 0.6 is 0 Å². The van der Waals surface area contributed by atoms with Gasteiger partial charge in [0.25, 0.3) is 0 Å². The van der Waals surface area contributed by atoms with Gasteiger partial charge in [-0.05, 0) is 38.4 Å². The molecule has 2 fully saturated rings. The van der Waals surface area contributed by atoms with Crippen LogP contribution in [0.4, 0.5) is 8.78 Å². The average molecular weight is 401 g/mol. The summed E-state index contributed by atoms with van der Waals surface area (Å²) in [5.41, 5.74) is 0. The number of halogens is 2. The number of hydrogen-bond acceptors (Lipinski definition) is 4. The summed E-state index contributed by atoms with van der Waals surface area (Å²) in [6, 6.07) is 3.35. The molecule has 0 aliphatic carbocycles. The molecular formula is C18H25F2N3O3S. The SMILES string of the molecule is C[C@@H]1CCCCN1CC(=O)N1CCN(S(=O)(=O)c2c(F)cccc2F)CC1. The first-order valence-corrected chi connectivity index (χ1v) is 10.7. The van der Waals surface area contributed by atoms with Crippen LogP contribution in [0.25, 0.3) is 0 Å². The van der Waals surface area contributed by atoms with Gasteiger partial charge in [0.1, 0.15) is 11.6 Å². The van der Waals surface area contributed by atoms with Crippen molar-refractivity contribution in [3.63, 3.8) is 0 Å². The predicted octanol–water partition coefficient (Wildman–Crippen LogP) is 1.67. The molecule has 0 spiro atoms. The normalized spacial score (nSPS) is 22.8. The molecule has 1 aromatic rings. The Morgan fingerprint density at radius 3 is 2.30 bits per heavy atom. The Balaban J connectivity index is 1.62. The van der Waals surface area contributed by atoms with Crippen molar-refractivity contribution in [3.8, 4) is 0 Å². The number of rotatable bonds is 4. The molecule has 2 heterocycles. The second kappa shape index (κ2) is 8.20. The highest BCUT2D eigenvalue weighted by molar-refractivity contribution is 7.89. The maximum atomic E-state index is 13.9. The van der Waals surface area contributed by atoms with E-state index in [1.54, 1.807) is 4.90 Å². The highest BCUT2D eigenvalue weighted by Gasteiger charge is 2.34. The average Bonchev–Trinajstić information content (AvgIpc) is 2.63. The van der Waals surface area contributed by atoms with Gasteiger partial charge in [0, 0.05) is 32.2 Å². The highest BCUT2D eigenvalue weighted by Crippen LogP contribution is 2.24. The standard InChI is InChI=1S/C18H25F2N3O3S/c1-14-5-2-3-8-22(14)13-17(24)21-9-11-23(12-10-21)27(25,26)18-15(19)6-4-7-16(18)20/h4,6-7,14H,2-3,5,8-13H2,1H3/t14-/m1/s1. The molecule has 0 unspecified atom stereocenters. The number of nitrogens with zero attached hydrogens (tertiary/aromatic N) is 3. The van der Waals surface area contributed by atoms with E-state index in [0.717, 1.165) is 41.9 Å². The molecule has 1 amide bonds. The summed E-state index contributed by atoms with van der Waals surface area (Å²) in [6.07, 6.45) is 3.33. The third kappa shape index (κ3) is 4.30. The Hall–Kier alpha value is -1.58. The van der Waals surface area contributed by atoms with Crippen LogP contribution in [-0.4, -0.2) is 73.7 Å². The number of hydrogen-bond donors (Lipinski definition) is 0. The van der Waals surface area contributed by atoms with Crippen molar-refractivity contribution in [2.45, 2.75) is 37.1 Å². The van der Waals surface area contributed by atoms with E-state index < -0.39 is 26.6 Å².